The fourth-order valence-electron chi connectivity index (χ4n) is 1.88. The van der Waals surface area contributed by atoms with Crippen LogP contribution in [0, 0.1) is 17.1 Å². The van der Waals surface area contributed by atoms with E-state index in [2.05, 4.69) is 12.2 Å². The Morgan fingerprint density at radius 2 is 1.95 bits per heavy atom. The van der Waals surface area contributed by atoms with E-state index in [1.807, 2.05) is 30.3 Å². The summed E-state index contributed by atoms with van der Waals surface area (Å²) in [5, 5.41) is 12.1. The van der Waals surface area contributed by atoms with E-state index in [9.17, 15) is 4.39 Å². The summed E-state index contributed by atoms with van der Waals surface area (Å²) in [5.74, 6) is 0.439. The second-order valence-corrected chi connectivity index (χ2v) is 4.65. The van der Waals surface area contributed by atoms with Gasteiger partial charge in [0.2, 0.25) is 0 Å². The molecule has 2 rings (SSSR count). The lowest BCUT2D eigenvalue weighted by atomic mass is 10.1. The molecule has 3 nitrogen and oxygen atoms in total. The summed E-state index contributed by atoms with van der Waals surface area (Å²) in [6, 6.07) is 13.9. The Labute approximate surface area is 124 Å². The molecule has 0 atom stereocenters. The summed E-state index contributed by atoms with van der Waals surface area (Å²) in [6.45, 7) is 3.33. The number of nitrogens with zero attached hydrogens (tertiary/aromatic N) is 1. The molecular formula is C17H17FN2O. The average Bonchev–Trinajstić information content (AvgIpc) is 2.52. The third kappa shape index (κ3) is 4.22. The first-order valence-corrected chi connectivity index (χ1v) is 6.88. The molecule has 0 bridgehead atoms. The lowest BCUT2D eigenvalue weighted by Gasteiger charge is -2.09. The first kappa shape index (κ1) is 14.9. The molecule has 0 aliphatic rings. The Kier molecular flexibility index (Phi) is 5.16. The maximum atomic E-state index is 13.1. The van der Waals surface area contributed by atoms with Crippen molar-refractivity contribution in [1.82, 2.24) is 0 Å². The summed E-state index contributed by atoms with van der Waals surface area (Å²) in [5.41, 5.74) is 2.00. The summed E-state index contributed by atoms with van der Waals surface area (Å²) in [4.78, 5) is 0. The highest BCUT2D eigenvalue weighted by atomic mass is 19.1. The van der Waals surface area contributed by atoms with Gasteiger partial charge in [0.15, 0.2) is 0 Å². The van der Waals surface area contributed by atoms with Crippen molar-refractivity contribution in [1.29, 1.82) is 5.26 Å². The van der Waals surface area contributed by atoms with Gasteiger partial charge in [0, 0.05) is 6.54 Å². The molecule has 0 amide bonds. The zero-order valence-electron chi connectivity index (χ0n) is 11.9. The Balaban J connectivity index is 1.98. The van der Waals surface area contributed by atoms with Crippen LogP contribution in [0.4, 0.5) is 10.1 Å². The molecule has 0 aliphatic carbocycles. The minimum Gasteiger partial charge on any atom is -0.494 e. The number of nitriles is 1. The number of hydrogen-bond donors (Lipinski definition) is 1. The summed E-state index contributed by atoms with van der Waals surface area (Å²) in [6.07, 6.45) is 0.977. The van der Waals surface area contributed by atoms with E-state index in [0.29, 0.717) is 24.4 Å². The van der Waals surface area contributed by atoms with Gasteiger partial charge < -0.3 is 10.1 Å². The van der Waals surface area contributed by atoms with Crippen LogP contribution >= 0.6 is 0 Å². The Morgan fingerprint density at radius 3 is 2.62 bits per heavy atom. The molecule has 0 aromatic heterocycles. The quantitative estimate of drug-likeness (QED) is 0.868. The molecule has 4 heteroatoms. The largest absolute Gasteiger partial charge is 0.494 e. The second-order valence-electron chi connectivity index (χ2n) is 4.65. The fourth-order valence-corrected chi connectivity index (χ4v) is 1.88. The van der Waals surface area contributed by atoms with E-state index in [1.54, 1.807) is 6.07 Å². The molecule has 2 aromatic carbocycles. The highest BCUT2D eigenvalue weighted by Gasteiger charge is 2.03. The minimum absolute atomic E-state index is 0.304. The third-order valence-electron chi connectivity index (χ3n) is 2.98. The van der Waals surface area contributed by atoms with Crippen molar-refractivity contribution in [3.63, 3.8) is 0 Å². The van der Waals surface area contributed by atoms with Gasteiger partial charge in [-0.1, -0.05) is 19.1 Å². The van der Waals surface area contributed by atoms with Crippen molar-refractivity contribution in [2.24, 2.45) is 0 Å². The molecule has 0 spiro atoms. The van der Waals surface area contributed by atoms with Crippen LogP contribution in [0.15, 0.2) is 42.5 Å². The molecule has 108 valence electrons. The van der Waals surface area contributed by atoms with Crippen LogP contribution in [0.2, 0.25) is 0 Å². The van der Waals surface area contributed by atoms with Gasteiger partial charge in [-0.25, -0.2) is 4.39 Å². The molecule has 0 saturated carbocycles. The molecular weight excluding hydrogens is 267 g/mol. The normalized spacial score (nSPS) is 9.95. The zero-order chi connectivity index (χ0) is 15.1. The van der Waals surface area contributed by atoms with Crippen molar-refractivity contribution < 1.29 is 9.13 Å². The lowest BCUT2D eigenvalue weighted by molar-refractivity contribution is 0.317. The maximum absolute atomic E-state index is 13.1. The summed E-state index contributed by atoms with van der Waals surface area (Å²) in [7, 11) is 0. The number of ether oxygens (including phenoxy) is 1. The molecule has 0 aliphatic heterocycles. The highest BCUT2D eigenvalue weighted by molar-refractivity contribution is 5.57. The third-order valence-corrected chi connectivity index (χ3v) is 2.98. The number of hydrogen-bond acceptors (Lipinski definition) is 3. The van der Waals surface area contributed by atoms with E-state index < -0.39 is 5.82 Å². The van der Waals surface area contributed by atoms with Crippen LogP contribution in [0.1, 0.15) is 24.5 Å². The molecule has 0 heterocycles. The maximum Gasteiger partial charge on any atom is 0.124 e. The Hall–Kier alpha value is -2.54. The zero-order valence-corrected chi connectivity index (χ0v) is 11.9. The van der Waals surface area contributed by atoms with E-state index >= 15 is 0 Å². The molecule has 21 heavy (non-hydrogen) atoms. The SMILES string of the molecule is CCCOc1ccc(CNc2ccc(F)cc2C#N)cc1. The number of halogens is 1. The highest BCUT2D eigenvalue weighted by Crippen LogP contribution is 2.18. The number of benzene rings is 2. The van der Waals surface area contributed by atoms with Gasteiger partial charge in [0.1, 0.15) is 17.6 Å². The first-order valence-electron chi connectivity index (χ1n) is 6.88. The van der Waals surface area contributed by atoms with E-state index in [-0.39, 0.29) is 0 Å². The molecule has 0 radical (unpaired) electrons. The average molecular weight is 284 g/mol. The van der Waals surface area contributed by atoms with Crippen molar-refractivity contribution >= 4 is 5.69 Å². The molecule has 0 fully saturated rings. The van der Waals surface area contributed by atoms with Crippen molar-refractivity contribution in [3.05, 3.63) is 59.4 Å². The molecule has 0 saturated heterocycles. The molecule has 1 N–H and O–H groups in total. The molecule has 2 aromatic rings. The van der Waals surface area contributed by atoms with Crippen LogP contribution in [0.3, 0.4) is 0 Å². The van der Waals surface area contributed by atoms with Gasteiger partial charge in [-0.2, -0.15) is 5.26 Å². The van der Waals surface area contributed by atoms with Crippen molar-refractivity contribution in [2.45, 2.75) is 19.9 Å². The smallest absolute Gasteiger partial charge is 0.124 e. The summed E-state index contributed by atoms with van der Waals surface area (Å²) < 4.78 is 18.6. The van der Waals surface area contributed by atoms with Gasteiger partial charge in [-0.3, -0.25) is 0 Å². The van der Waals surface area contributed by atoms with Gasteiger partial charge >= 0.3 is 0 Å². The van der Waals surface area contributed by atoms with Crippen LogP contribution in [-0.4, -0.2) is 6.61 Å². The van der Waals surface area contributed by atoms with Gasteiger partial charge in [0.05, 0.1) is 17.9 Å². The van der Waals surface area contributed by atoms with Crippen LogP contribution in [-0.2, 0) is 6.54 Å². The Morgan fingerprint density at radius 1 is 1.19 bits per heavy atom. The standard InChI is InChI=1S/C17H17FN2O/c1-2-9-21-16-6-3-13(4-7-16)12-20-17-8-5-15(18)10-14(17)11-19/h3-8,10,20H,2,9,12H2,1H3. The Bertz CT molecular complexity index is 632. The van der Waals surface area contributed by atoms with Crippen LogP contribution in [0.5, 0.6) is 5.75 Å². The van der Waals surface area contributed by atoms with Gasteiger partial charge in [-0.15, -0.1) is 0 Å². The predicted octanol–water partition coefficient (Wildman–Crippen LogP) is 4.10. The van der Waals surface area contributed by atoms with Gasteiger partial charge in [0.25, 0.3) is 0 Å². The van der Waals surface area contributed by atoms with Crippen LogP contribution in [0.25, 0.3) is 0 Å². The number of anilines is 1. The van der Waals surface area contributed by atoms with E-state index in [0.717, 1.165) is 17.7 Å². The lowest BCUT2D eigenvalue weighted by Crippen LogP contribution is -2.02. The summed E-state index contributed by atoms with van der Waals surface area (Å²) >= 11 is 0. The molecule has 0 unspecified atom stereocenters. The number of nitrogens with one attached hydrogen (secondary N) is 1. The van der Waals surface area contributed by atoms with Crippen molar-refractivity contribution in [3.8, 4) is 11.8 Å². The van der Waals surface area contributed by atoms with E-state index in [4.69, 9.17) is 10.00 Å². The monoisotopic (exact) mass is 284 g/mol. The number of rotatable bonds is 6. The van der Waals surface area contributed by atoms with Crippen LogP contribution < -0.4 is 10.1 Å². The van der Waals surface area contributed by atoms with Crippen molar-refractivity contribution in [2.75, 3.05) is 11.9 Å². The second kappa shape index (κ2) is 7.30. The van der Waals surface area contributed by atoms with E-state index in [1.165, 1.54) is 12.1 Å². The minimum atomic E-state index is -0.408. The predicted molar refractivity (Wildman–Crippen MR) is 80.7 cm³/mol. The first-order chi connectivity index (χ1) is 10.2. The van der Waals surface area contributed by atoms with Gasteiger partial charge in [-0.05, 0) is 42.3 Å². The fraction of sp³-hybridized carbons (Fsp3) is 0.235. The topological polar surface area (TPSA) is 45.0 Å².